The van der Waals surface area contributed by atoms with E-state index < -0.39 is 9.84 Å². The number of benzene rings is 1. The Morgan fingerprint density at radius 3 is 2.54 bits per heavy atom. The largest absolute Gasteiger partial charge is 0.341 e. The van der Waals surface area contributed by atoms with Crippen LogP contribution >= 0.6 is 11.6 Å². The van der Waals surface area contributed by atoms with Gasteiger partial charge in [-0.3, -0.25) is 14.7 Å². The third-order valence-electron chi connectivity index (χ3n) is 4.81. The van der Waals surface area contributed by atoms with E-state index in [1.807, 2.05) is 18.2 Å². The maximum atomic E-state index is 12.6. The molecule has 0 atom stereocenters. The van der Waals surface area contributed by atoms with Crippen LogP contribution in [0.25, 0.3) is 0 Å². The Hall–Kier alpha value is -1.96. The standard InChI is InChI=1S/C20H24ClN3O3S/c21-17-5-7-19(8-6-17)28(26,27)15-9-20(25)24-12-3-11-23(13-14-24)16-18-4-1-2-10-22-18/h1-2,4-8,10H,3,9,11-16H2. The third-order valence-corrected chi connectivity index (χ3v) is 6.79. The van der Waals surface area contributed by atoms with E-state index in [9.17, 15) is 13.2 Å². The molecule has 2 heterocycles. The first-order valence-electron chi connectivity index (χ1n) is 9.32. The number of hydrogen-bond donors (Lipinski definition) is 0. The first kappa shape index (κ1) is 20.8. The van der Waals surface area contributed by atoms with Gasteiger partial charge in [-0.1, -0.05) is 17.7 Å². The van der Waals surface area contributed by atoms with Crippen LogP contribution in [0.1, 0.15) is 18.5 Å². The third kappa shape index (κ3) is 5.77. The number of halogens is 1. The van der Waals surface area contributed by atoms with Crippen LogP contribution in [0.2, 0.25) is 5.02 Å². The van der Waals surface area contributed by atoms with Crippen LogP contribution < -0.4 is 0 Å². The molecule has 0 unspecified atom stereocenters. The van der Waals surface area contributed by atoms with E-state index in [2.05, 4.69) is 9.88 Å². The summed E-state index contributed by atoms with van der Waals surface area (Å²) in [6, 6.07) is 11.9. The van der Waals surface area contributed by atoms with Gasteiger partial charge in [0.15, 0.2) is 9.84 Å². The summed E-state index contributed by atoms with van der Waals surface area (Å²) >= 11 is 5.81. The molecule has 1 aliphatic heterocycles. The predicted octanol–water partition coefficient (Wildman–Crippen LogP) is 2.63. The minimum absolute atomic E-state index is 0.00873. The van der Waals surface area contributed by atoms with E-state index >= 15 is 0 Å². The molecule has 0 spiro atoms. The quantitative estimate of drug-likeness (QED) is 0.717. The first-order valence-corrected chi connectivity index (χ1v) is 11.4. The number of pyridine rings is 1. The topological polar surface area (TPSA) is 70.6 Å². The lowest BCUT2D eigenvalue weighted by Gasteiger charge is -2.22. The Labute approximate surface area is 171 Å². The van der Waals surface area contributed by atoms with Crippen molar-refractivity contribution in [3.8, 4) is 0 Å². The molecule has 0 radical (unpaired) electrons. The van der Waals surface area contributed by atoms with Crippen molar-refractivity contribution in [3.05, 3.63) is 59.4 Å². The predicted molar refractivity (Wildman–Crippen MR) is 109 cm³/mol. The molecule has 1 aromatic heterocycles. The minimum Gasteiger partial charge on any atom is -0.341 e. The van der Waals surface area contributed by atoms with Gasteiger partial charge >= 0.3 is 0 Å². The second-order valence-corrected chi connectivity index (χ2v) is 9.40. The Balaban J connectivity index is 1.51. The van der Waals surface area contributed by atoms with E-state index in [-0.39, 0.29) is 23.0 Å². The molecule has 0 N–H and O–H groups in total. The van der Waals surface area contributed by atoms with Crippen LogP contribution in [0.5, 0.6) is 0 Å². The zero-order valence-electron chi connectivity index (χ0n) is 15.6. The SMILES string of the molecule is O=C(CCS(=O)(=O)c1ccc(Cl)cc1)N1CCCN(Cc2ccccn2)CC1. The fraction of sp³-hybridized carbons (Fsp3) is 0.400. The van der Waals surface area contributed by atoms with E-state index in [0.717, 1.165) is 31.7 Å². The number of hydrogen-bond acceptors (Lipinski definition) is 5. The van der Waals surface area contributed by atoms with Crippen LogP contribution in [0, 0.1) is 0 Å². The molecule has 1 fully saturated rings. The van der Waals surface area contributed by atoms with Crippen molar-refractivity contribution in [2.24, 2.45) is 0 Å². The minimum atomic E-state index is -3.50. The number of carbonyl (C=O) groups excluding carboxylic acids is 1. The molecule has 3 rings (SSSR count). The Morgan fingerprint density at radius 1 is 1.04 bits per heavy atom. The second kappa shape index (κ2) is 9.49. The Kier molecular flexibility index (Phi) is 7.04. The van der Waals surface area contributed by atoms with Crippen molar-refractivity contribution in [2.75, 3.05) is 31.9 Å². The molecule has 1 aromatic carbocycles. The Bertz CT molecular complexity index is 889. The summed E-state index contributed by atoms with van der Waals surface area (Å²) in [4.78, 5) is 21.2. The van der Waals surface area contributed by atoms with E-state index in [1.54, 1.807) is 23.2 Å². The number of nitrogens with zero attached hydrogens (tertiary/aromatic N) is 3. The van der Waals surface area contributed by atoms with Crippen molar-refractivity contribution >= 4 is 27.3 Å². The molecule has 1 amide bonds. The molecule has 6 nitrogen and oxygen atoms in total. The van der Waals surface area contributed by atoms with Crippen LogP contribution in [-0.4, -0.2) is 61.0 Å². The lowest BCUT2D eigenvalue weighted by molar-refractivity contribution is -0.130. The van der Waals surface area contributed by atoms with Gasteiger partial charge < -0.3 is 4.90 Å². The fourth-order valence-electron chi connectivity index (χ4n) is 3.24. The highest BCUT2D eigenvalue weighted by atomic mass is 35.5. The zero-order chi connectivity index (χ0) is 20.0. The van der Waals surface area contributed by atoms with Crippen molar-refractivity contribution in [2.45, 2.75) is 24.3 Å². The summed E-state index contributed by atoms with van der Waals surface area (Å²) < 4.78 is 24.8. The normalized spacial score (nSPS) is 16.0. The van der Waals surface area contributed by atoms with Gasteiger partial charge in [0.1, 0.15) is 0 Å². The molecule has 1 aliphatic rings. The lowest BCUT2D eigenvalue weighted by Crippen LogP contribution is -2.36. The highest BCUT2D eigenvalue weighted by Crippen LogP contribution is 2.17. The number of aromatic nitrogens is 1. The first-order chi connectivity index (χ1) is 13.4. The summed E-state index contributed by atoms with van der Waals surface area (Å²) in [7, 11) is -3.50. The van der Waals surface area contributed by atoms with Crippen molar-refractivity contribution in [1.82, 2.24) is 14.8 Å². The van der Waals surface area contributed by atoms with E-state index in [1.165, 1.54) is 12.1 Å². The average Bonchev–Trinajstić information content (AvgIpc) is 2.93. The maximum absolute atomic E-state index is 12.6. The highest BCUT2D eigenvalue weighted by molar-refractivity contribution is 7.91. The highest BCUT2D eigenvalue weighted by Gasteiger charge is 2.22. The average molecular weight is 422 g/mol. The molecule has 0 saturated carbocycles. The van der Waals surface area contributed by atoms with Gasteiger partial charge in [0, 0.05) is 50.4 Å². The number of carbonyl (C=O) groups is 1. The van der Waals surface area contributed by atoms with Crippen molar-refractivity contribution < 1.29 is 13.2 Å². The van der Waals surface area contributed by atoms with Gasteiger partial charge in [-0.25, -0.2) is 8.42 Å². The summed E-state index contributed by atoms with van der Waals surface area (Å²) in [6.07, 6.45) is 2.64. The number of amides is 1. The smallest absolute Gasteiger partial charge is 0.223 e. The van der Waals surface area contributed by atoms with Crippen LogP contribution in [-0.2, 0) is 21.2 Å². The lowest BCUT2D eigenvalue weighted by atomic mass is 10.3. The summed E-state index contributed by atoms with van der Waals surface area (Å²) in [5, 5.41) is 0.481. The molecular formula is C20H24ClN3O3S. The van der Waals surface area contributed by atoms with Gasteiger partial charge in [0.05, 0.1) is 16.3 Å². The molecule has 2 aromatic rings. The van der Waals surface area contributed by atoms with Gasteiger partial charge in [-0.05, 0) is 42.8 Å². The summed E-state index contributed by atoms with van der Waals surface area (Å²) in [6.45, 7) is 3.66. The van der Waals surface area contributed by atoms with Crippen LogP contribution in [0.3, 0.4) is 0 Å². The molecular weight excluding hydrogens is 398 g/mol. The van der Waals surface area contributed by atoms with Crippen molar-refractivity contribution in [3.63, 3.8) is 0 Å². The van der Waals surface area contributed by atoms with Gasteiger partial charge in [-0.15, -0.1) is 0 Å². The second-order valence-electron chi connectivity index (χ2n) is 6.85. The van der Waals surface area contributed by atoms with Crippen LogP contribution in [0.15, 0.2) is 53.6 Å². The Morgan fingerprint density at radius 2 is 1.82 bits per heavy atom. The summed E-state index contributed by atoms with van der Waals surface area (Å²) in [5.41, 5.74) is 1.01. The molecule has 8 heteroatoms. The molecule has 150 valence electrons. The van der Waals surface area contributed by atoms with E-state index in [0.29, 0.717) is 18.1 Å². The number of sulfone groups is 1. The van der Waals surface area contributed by atoms with Gasteiger partial charge in [0.2, 0.25) is 5.91 Å². The van der Waals surface area contributed by atoms with Crippen molar-refractivity contribution in [1.29, 1.82) is 0 Å². The number of rotatable bonds is 6. The molecule has 0 bridgehead atoms. The van der Waals surface area contributed by atoms with Gasteiger partial charge in [-0.2, -0.15) is 0 Å². The van der Waals surface area contributed by atoms with E-state index in [4.69, 9.17) is 11.6 Å². The maximum Gasteiger partial charge on any atom is 0.223 e. The van der Waals surface area contributed by atoms with Gasteiger partial charge in [0.25, 0.3) is 0 Å². The summed E-state index contributed by atoms with van der Waals surface area (Å²) in [5.74, 6) is -0.307. The molecule has 1 saturated heterocycles. The fourth-order valence-corrected chi connectivity index (χ4v) is 4.59. The molecule has 0 aliphatic carbocycles. The molecule has 28 heavy (non-hydrogen) atoms. The van der Waals surface area contributed by atoms with Crippen LogP contribution in [0.4, 0.5) is 0 Å². The zero-order valence-corrected chi connectivity index (χ0v) is 17.2. The monoisotopic (exact) mass is 421 g/mol.